The lowest BCUT2D eigenvalue weighted by Crippen LogP contribution is -2.67. The lowest BCUT2D eigenvalue weighted by atomic mass is 9.92. The predicted molar refractivity (Wildman–Crippen MR) is 262 cm³/mol. The number of carbonyl (C=O) groups excluding carboxylic acids is 7. The van der Waals surface area contributed by atoms with E-state index in [0.717, 1.165) is 11.3 Å². The Morgan fingerprint density at radius 1 is 1.08 bits per heavy atom. The Bertz CT molecular complexity index is 2490. The Hall–Kier alpha value is -6.13. The van der Waals surface area contributed by atoms with E-state index in [9.17, 15) is 48.9 Å². The third kappa shape index (κ3) is 12.9. The Labute approximate surface area is 422 Å². The molecule has 3 aliphatic heterocycles. The molecule has 2 unspecified atom stereocenters. The molecule has 0 spiro atoms. The first-order valence-electron chi connectivity index (χ1n) is 22.9. The van der Waals surface area contributed by atoms with Crippen molar-refractivity contribution in [2.75, 3.05) is 37.4 Å². The molecule has 9 N–H and O–H groups in total. The number of likely N-dealkylation sites (tertiary alicyclic amines) is 2. The second-order valence-corrected chi connectivity index (χ2v) is 20.0. The second kappa shape index (κ2) is 23.9. The third-order valence-electron chi connectivity index (χ3n) is 12.5. The average Bonchev–Trinajstić information content (AvgIpc) is 4.09. The first kappa shape index (κ1) is 54.2. The van der Waals surface area contributed by atoms with E-state index in [1.807, 2.05) is 26.0 Å². The highest BCUT2D eigenvalue weighted by Gasteiger charge is 2.50. The van der Waals surface area contributed by atoms with Gasteiger partial charge in [0.15, 0.2) is 17.7 Å². The maximum absolute atomic E-state index is 13.8. The van der Waals surface area contributed by atoms with Gasteiger partial charge in [-0.3, -0.25) is 38.6 Å². The summed E-state index contributed by atoms with van der Waals surface area (Å²) in [5, 5.41) is 45.8. The first-order valence-corrected chi connectivity index (χ1v) is 24.0. The number of hydrogen-bond donors (Lipinski definition) is 9. The van der Waals surface area contributed by atoms with E-state index in [2.05, 4.69) is 75.7 Å². The van der Waals surface area contributed by atoms with Crippen LogP contribution in [-0.4, -0.2) is 172 Å². The molecule has 3 saturated heterocycles. The highest BCUT2D eigenvalue weighted by molar-refractivity contribution is 14.1. The van der Waals surface area contributed by atoms with E-state index in [-0.39, 0.29) is 62.2 Å². The molecule has 0 aliphatic carbocycles. The Kier molecular flexibility index (Phi) is 18.2. The number of benzene rings is 1. The summed E-state index contributed by atoms with van der Waals surface area (Å²) >= 11 is 2.16. The molecule has 3 aliphatic rings. The fraction of sp³-hybridized carbons (Fsp3) is 0.522. The molecule has 24 nitrogen and oxygen atoms in total. The summed E-state index contributed by atoms with van der Waals surface area (Å²) in [6.45, 7) is 9.66. The number of aliphatic hydroxyl groups is 3. The molecule has 2 aromatic heterocycles. The van der Waals surface area contributed by atoms with Crippen molar-refractivity contribution in [1.82, 2.24) is 45.7 Å². The van der Waals surface area contributed by atoms with Crippen molar-refractivity contribution in [2.45, 2.75) is 118 Å². The number of aromatic nitrogens is 4. The Morgan fingerprint density at radius 2 is 1.82 bits per heavy atom. The summed E-state index contributed by atoms with van der Waals surface area (Å²) in [5.41, 5.74) is 1.89. The third-order valence-corrected chi connectivity index (χ3v) is 13.6. The number of fused-ring (bicyclic) bond motifs is 1. The Morgan fingerprint density at radius 3 is 2.49 bits per heavy atom. The molecule has 25 heteroatoms. The highest BCUT2D eigenvalue weighted by atomic mass is 127. The van der Waals surface area contributed by atoms with E-state index in [4.69, 9.17) is 14.2 Å². The van der Waals surface area contributed by atoms with E-state index < -0.39 is 100 Å². The number of anilines is 2. The van der Waals surface area contributed by atoms with Crippen LogP contribution in [0, 0.1) is 5.92 Å². The van der Waals surface area contributed by atoms with Crippen LogP contribution >= 0.6 is 22.6 Å². The molecule has 3 aromatic rings. The van der Waals surface area contributed by atoms with Crippen molar-refractivity contribution < 1.29 is 63.1 Å². The molecule has 0 radical (unpaired) electrons. The number of alkyl halides is 1. The smallest absolute Gasteiger partial charge is 0.410 e. The number of amides is 7. The van der Waals surface area contributed by atoms with Crippen molar-refractivity contribution in [3.63, 3.8) is 0 Å². The lowest BCUT2D eigenvalue weighted by Gasteiger charge is -2.43. The number of carbonyl (C=O) groups is 7. The number of rotatable bonds is 20. The molecule has 6 rings (SSSR count). The average molecular weight is 1100 g/mol. The van der Waals surface area contributed by atoms with Crippen LogP contribution in [0.3, 0.4) is 0 Å². The van der Waals surface area contributed by atoms with Gasteiger partial charge in [0.05, 0.1) is 31.0 Å². The number of nitrogens with one attached hydrogen (secondary N) is 6. The minimum absolute atomic E-state index is 0.0302. The number of H-pyrrole nitrogens is 1. The van der Waals surface area contributed by atoms with Gasteiger partial charge in [-0.1, -0.05) is 60.4 Å². The SMILES string of the molecule is C=C(C)[C@H](NC(=O)CCN1C(=O)CC(C(C)(I)/C=C\CC)C1=O)C(=O)N[C@@H](C)C(=O)Nc1ccc(COC(=O)N2CC[C@H](OC)[C@@H]2C(=O)N[C@@H]2[C@@H](O)[C@H](O)[C@@H](Nc3ncnc4nc[nH]c34)O[C@H]2CO)cc1. The van der Waals surface area contributed by atoms with E-state index in [1.54, 1.807) is 24.3 Å². The fourth-order valence-corrected chi connectivity index (χ4v) is 9.15. The topological polar surface area (TPSA) is 329 Å². The summed E-state index contributed by atoms with van der Waals surface area (Å²) in [7, 11) is 1.38. The van der Waals surface area contributed by atoms with Crippen LogP contribution in [0.2, 0.25) is 0 Å². The highest BCUT2D eigenvalue weighted by Crippen LogP contribution is 2.38. The number of ether oxygens (including phenoxy) is 3. The molecule has 7 amide bonds. The monoisotopic (exact) mass is 1100 g/mol. The number of aliphatic hydroxyl groups excluding tert-OH is 3. The largest absolute Gasteiger partial charge is 0.445 e. The standard InChI is InChI=1S/C46H60IN11O13/c1-7-8-15-46(5,47)27-18-31(61)57(44(27)67)17-14-30(60)54-32(23(2)3)41(65)52-24(4)40(64)53-26-11-9-25(10-12-26)20-70-45(68)58-16-13-28(69-6)35(58)42(66)55-33-29(19-59)71-43(37(63)36(33)62)56-39-34-38(49-21-48-34)50-22-51-39/h8-12,15,21-22,24,27-29,32-33,35-37,43,59,62-63H,2,7,13-14,16-20H2,1,3-6H3,(H,52,65)(H,53,64)(H,54,60)(H,55,66)(H2,48,49,50,51,56)/b15-8-/t24-,27?,28-,29-,32-,33-,35+,36+,37-,43-,46?/m0/s1. The van der Waals surface area contributed by atoms with Crippen LogP contribution in [0.5, 0.6) is 0 Å². The number of halogens is 1. The number of methoxy groups -OCH3 is 1. The molecular formula is C46H60IN11O13. The predicted octanol–water partition coefficient (Wildman–Crippen LogP) is 0.544. The maximum Gasteiger partial charge on any atom is 0.410 e. The van der Waals surface area contributed by atoms with Crippen LogP contribution in [0.15, 0.2) is 61.2 Å². The molecule has 3 fully saturated rings. The number of aromatic amines is 1. The van der Waals surface area contributed by atoms with Gasteiger partial charge in [0.25, 0.3) is 0 Å². The van der Waals surface area contributed by atoms with Gasteiger partial charge < -0.3 is 61.1 Å². The van der Waals surface area contributed by atoms with Crippen molar-refractivity contribution in [2.24, 2.45) is 5.92 Å². The van der Waals surface area contributed by atoms with Gasteiger partial charge in [-0.15, -0.1) is 0 Å². The minimum Gasteiger partial charge on any atom is -0.445 e. The number of hydrogen-bond acceptors (Lipinski definition) is 17. The van der Waals surface area contributed by atoms with E-state index in [1.165, 1.54) is 38.5 Å². The zero-order valence-corrected chi connectivity index (χ0v) is 42.0. The van der Waals surface area contributed by atoms with Gasteiger partial charge in [-0.05, 0) is 56.9 Å². The zero-order valence-electron chi connectivity index (χ0n) is 39.8. The number of nitrogens with zero attached hydrogens (tertiary/aromatic N) is 5. The number of imidazole rings is 1. The molecular weight excluding hydrogens is 1040 g/mol. The molecule has 1 aromatic carbocycles. The molecule has 71 heavy (non-hydrogen) atoms. The van der Waals surface area contributed by atoms with Gasteiger partial charge in [-0.2, -0.15) is 0 Å². The van der Waals surface area contributed by atoms with Crippen LogP contribution in [-0.2, 0) is 49.6 Å². The van der Waals surface area contributed by atoms with Crippen LogP contribution in [0.1, 0.15) is 58.9 Å². The number of imide groups is 1. The van der Waals surface area contributed by atoms with Crippen LogP contribution < -0.4 is 26.6 Å². The molecule has 384 valence electrons. The molecule has 11 atom stereocenters. The normalized spacial score (nSPS) is 25.1. The Balaban J connectivity index is 0.965. The molecule has 0 saturated carbocycles. The summed E-state index contributed by atoms with van der Waals surface area (Å²) in [6.07, 6.45) is -0.0294. The molecule has 0 bridgehead atoms. The zero-order chi connectivity index (χ0) is 51.7. The van der Waals surface area contributed by atoms with Gasteiger partial charge in [0, 0.05) is 42.2 Å². The summed E-state index contributed by atoms with van der Waals surface area (Å²) in [6, 6.07) is 1.46. The van der Waals surface area contributed by atoms with Crippen molar-refractivity contribution >= 4 is 86.8 Å². The van der Waals surface area contributed by atoms with Crippen molar-refractivity contribution in [3.8, 4) is 0 Å². The summed E-state index contributed by atoms with van der Waals surface area (Å²) < 4.78 is 16.4. The van der Waals surface area contributed by atoms with Gasteiger partial charge in [0.1, 0.15) is 54.9 Å². The van der Waals surface area contributed by atoms with E-state index in [0.29, 0.717) is 22.4 Å². The number of allylic oxidation sites excluding steroid dienone is 2. The lowest BCUT2D eigenvalue weighted by molar-refractivity contribution is -0.186. The van der Waals surface area contributed by atoms with Crippen molar-refractivity contribution in [1.29, 1.82) is 0 Å². The van der Waals surface area contributed by atoms with Crippen molar-refractivity contribution in [3.05, 3.63) is 66.8 Å². The maximum atomic E-state index is 13.8. The first-order chi connectivity index (χ1) is 33.8. The quantitative estimate of drug-likeness (QED) is 0.0323. The van der Waals surface area contributed by atoms with Crippen LogP contribution in [0.4, 0.5) is 16.3 Å². The molecule has 5 heterocycles. The van der Waals surface area contributed by atoms with Crippen LogP contribution in [0.25, 0.3) is 11.2 Å². The van der Waals surface area contributed by atoms with E-state index >= 15 is 0 Å². The summed E-state index contributed by atoms with van der Waals surface area (Å²) in [5.74, 6) is -3.73. The van der Waals surface area contributed by atoms with Gasteiger partial charge in [0.2, 0.25) is 35.4 Å². The van der Waals surface area contributed by atoms with Gasteiger partial charge in [-0.25, -0.2) is 19.7 Å². The fourth-order valence-electron chi connectivity index (χ4n) is 8.41. The minimum atomic E-state index is -1.65. The second-order valence-electron chi connectivity index (χ2n) is 17.6. The summed E-state index contributed by atoms with van der Waals surface area (Å²) in [4.78, 5) is 110. The van der Waals surface area contributed by atoms with Gasteiger partial charge >= 0.3 is 6.09 Å².